The molecule has 2 bridgehead atoms. The molecule has 5 rings (SSSR count). The fraction of sp³-hybridized carbons (Fsp3) is 0.550. The van der Waals surface area contributed by atoms with Gasteiger partial charge in [0, 0.05) is 31.5 Å². The van der Waals surface area contributed by atoms with Crippen molar-refractivity contribution in [1.82, 2.24) is 15.3 Å². The van der Waals surface area contributed by atoms with E-state index in [4.69, 9.17) is 14.1 Å². The standard InChI is InChI=1S/C20H24N4O3/c1-12-13(2)23-18(8-21-12)24-9-16-15(17-3-5-20(16,11-24)27-17)7-22-19(25)14-4-6-26-10-14/h4,6,8,10,15-17H,3,5,7,9,11H2,1-2H3,(H,22,25)/t15-,16+,17+,20+/m0/s1. The second-order valence-corrected chi connectivity index (χ2v) is 8.03. The van der Waals surface area contributed by atoms with Gasteiger partial charge in [0.05, 0.1) is 41.1 Å². The Morgan fingerprint density at radius 3 is 3.07 bits per heavy atom. The lowest BCUT2D eigenvalue weighted by atomic mass is 9.73. The number of aromatic nitrogens is 2. The predicted octanol–water partition coefficient (Wildman–Crippen LogP) is 2.10. The van der Waals surface area contributed by atoms with Crippen LogP contribution in [-0.4, -0.2) is 47.2 Å². The van der Waals surface area contributed by atoms with E-state index in [-0.39, 0.29) is 17.6 Å². The normalized spacial score (nSPS) is 31.3. The van der Waals surface area contributed by atoms with Crippen LogP contribution in [0.5, 0.6) is 0 Å². The number of anilines is 1. The average Bonchev–Trinajstić information content (AvgIpc) is 3.42. The van der Waals surface area contributed by atoms with Gasteiger partial charge in [0.15, 0.2) is 0 Å². The number of furan rings is 1. The maximum atomic E-state index is 12.3. The highest BCUT2D eigenvalue weighted by atomic mass is 16.5. The van der Waals surface area contributed by atoms with Crippen molar-refractivity contribution in [1.29, 1.82) is 0 Å². The Hall–Kier alpha value is -2.41. The molecule has 5 heterocycles. The average molecular weight is 368 g/mol. The second-order valence-electron chi connectivity index (χ2n) is 8.03. The number of amides is 1. The molecule has 3 aliphatic heterocycles. The summed E-state index contributed by atoms with van der Waals surface area (Å²) in [5.74, 6) is 1.58. The number of ether oxygens (including phenoxy) is 1. The van der Waals surface area contributed by atoms with E-state index >= 15 is 0 Å². The van der Waals surface area contributed by atoms with Crippen molar-refractivity contribution >= 4 is 11.7 Å². The summed E-state index contributed by atoms with van der Waals surface area (Å²) in [4.78, 5) is 23.8. The van der Waals surface area contributed by atoms with Gasteiger partial charge in [0.1, 0.15) is 12.1 Å². The second kappa shape index (κ2) is 6.05. The Morgan fingerprint density at radius 2 is 2.30 bits per heavy atom. The summed E-state index contributed by atoms with van der Waals surface area (Å²) < 4.78 is 11.5. The molecule has 7 nitrogen and oxygen atoms in total. The third kappa shape index (κ3) is 2.64. The van der Waals surface area contributed by atoms with Crippen LogP contribution in [0.4, 0.5) is 5.82 Å². The monoisotopic (exact) mass is 368 g/mol. The van der Waals surface area contributed by atoms with E-state index in [0.717, 1.165) is 43.1 Å². The summed E-state index contributed by atoms with van der Waals surface area (Å²) in [6, 6.07) is 1.68. The first kappa shape index (κ1) is 16.7. The Labute approximate surface area is 158 Å². The summed E-state index contributed by atoms with van der Waals surface area (Å²) >= 11 is 0. The zero-order valence-corrected chi connectivity index (χ0v) is 15.6. The number of nitrogens with one attached hydrogen (secondary N) is 1. The van der Waals surface area contributed by atoms with Crippen LogP contribution in [0.2, 0.25) is 0 Å². The van der Waals surface area contributed by atoms with Gasteiger partial charge in [-0.25, -0.2) is 4.98 Å². The summed E-state index contributed by atoms with van der Waals surface area (Å²) in [6.07, 6.45) is 7.25. The first-order chi connectivity index (χ1) is 13.1. The van der Waals surface area contributed by atoms with Gasteiger partial charge < -0.3 is 19.4 Å². The highest BCUT2D eigenvalue weighted by Crippen LogP contribution is 2.55. The maximum Gasteiger partial charge on any atom is 0.254 e. The van der Waals surface area contributed by atoms with Crippen molar-refractivity contribution in [3.05, 3.63) is 41.7 Å². The quantitative estimate of drug-likeness (QED) is 0.890. The number of rotatable bonds is 4. The largest absolute Gasteiger partial charge is 0.472 e. The molecule has 2 aromatic rings. The minimum atomic E-state index is -0.101. The molecule has 7 heteroatoms. The third-order valence-electron chi connectivity index (χ3n) is 6.57. The van der Waals surface area contributed by atoms with E-state index in [1.165, 1.54) is 12.5 Å². The molecule has 0 unspecified atom stereocenters. The minimum Gasteiger partial charge on any atom is -0.472 e. The van der Waals surface area contributed by atoms with Gasteiger partial charge in [0.2, 0.25) is 0 Å². The molecule has 1 N–H and O–H groups in total. The number of fused-ring (bicyclic) bond motifs is 1. The highest BCUT2D eigenvalue weighted by molar-refractivity contribution is 5.93. The van der Waals surface area contributed by atoms with Gasteiger partial charge in [-0.1, -0.05) is 0 Å². The summed E-state index contributed by atoms with van der Waals surface area (Å²) in [7, 11) is 0. The zero-order valence-electron chi connectivity index (χ0n) is 15.6. The lowest BCUT2D eigenvalue weighted by molar-refractivity contribution is 0.0141. The van der Waals surface area contributed by atoms with E-state index in [9.17, 15) is 4.79 Å². The van der Waals surface area contributed by atoms with Gasteiger partial charge in [0.25, 0.3) is 5.91 Å². The molecule has 0 aliphatic carbocycles. The van der Waals surface area contributed by atoms with Crippen LogP contribution in [-0.2, 0) is 4.74 Å². The van der Waals surface area contributed by atoms with E-state index in [1.54, 1.807) is 6.07 Å². The van der Waals surface area contributed by atoms with Gasteiger partial charge >= 0.3 is 0 Å². The molecule has 3 aliphatic rings. The van der Waals surface area contributed by atoms with Gasteiger partial charge in [-0.3, -0.25) is 9.78 Å². The van der Waals surface area contributed by atoms with E-state index in [2.05, 4.69) is 15.2 Å². The van der Waals surface area contributed by atoms with E-state index in [1.807, 2.05) is 20.0 Å². The first-order valence-electron chi connectivity index (χ1n) is 9.59. The van der Waals surface area contributed by atoms with Crippen LogP contribution in [0.3, 0.4) is 0 Å². The number of carbonyl (C=O) groups is 1. The van der Waals surface area contributed by atoms with Crippen LogP contribution in [0.25, 0.3) is 0 Å². The number of hydrogen-bond acceptors (Lipinski definition) is 6. The Morgan fingerprint density at radius 1 is 1.41 bits per heavy atom. The first-order valence-corrected chi connectivity index (χ1v) is 9.59. The Bertz CT molecular complexity index is 868. The molecule has 3 saturated heterocycles. The fourth-order valence-electron chi connectivity index (χ4n) is 5.03. The molecule has 0 aromatic carbocycles. The molecule has 0 radical (unpaired) electrons. The summed E-state index contributed by atoms with van der Waals surface area (Å²) in [5, 5.41) is 3.07. The molecule has 142 valence electrons. The molecular weight excluding hydrogens is 344 g/mol. The molecule has 3 fully saturated rings. The Balaban J connectivity index is 1.31. The lowest BCUT2D eigenvalue weighted by Crippen LogP contribution is -2.41. The van der Waals surface area contributed by atoms with Crippen molar-refractivity contribution in [2.24, 2.45) is 11.8 Å². The highest BCUT2D eigenvalue weighted by Gasteiger charge is 2.63. The van der Waals surface area contributed by atoms with Crippen molar-refractivity contribution in [2.45, 2.75) is 38.4 Å². The maximum absolute atomic E-state index is 12.3. The SMILES string of the molecule is Cc1ncc(N2C[C@@H]3[C@H](CNC(=O)c4ccoc4)[C@H]4CC[C@]3(C2)O4)nc1C. The van der Waals surface area contributed by atoms with Crippen molar-refractivity contribution < 1.29 is 13.9 Å². The number of hydrogen-bond donors (Lipinski definition) is 1. The molecular formula is C20H24N4O3. The van der Waals surface area contributed by atoms with E-state index in [0.29, 0.717) is 23.9 Å². The van der Waals surface area contributed by atoms with Crippen LogP contribution in [0.15, 0.2) is 29.2 Å². The van der Waals surface area contributed by atoms with E-state index < -0.39 is 0 Å². The third-order valence-corrected chi connectivity index (χ3v) is 6.57. The van der Waals surface area contributed by atoms with Crippen molar-refractivity contribution in [2.75, 3.05) is 24.5 Å². The molecule has 27 heavy (non-hydrogen) atoms. The Kier molecular flexibility index (Phi) is 3.75. The van der Waals surface area contributed by atoms with Crippen LogP contribution in [0, 0.1) is 25.7 Å². The number of carbonyl (C=O) groups excluding carboxylic acids is 1. The van der Waals surface area contributed by atoms with Crippen molar-refractivity contribution in [3.63, 3.8) is 0 Å². The van der Waals surface area contributed by atoms with Gasteiger partial charge in [-0.2, -0.15) is 0 Å². The minimum absolute atomic E-state index is 0.0875. The predicted molar refractivity (Wildman–Crippen MR) is 98.6 cm³/mol. The summed E-state index contributed by atoms with van der Waals surface area (Å²) in [5.41, 5.74) is 2.40. The van der Waals surface area contributed by atoms with Crippen LogP contribution >= 0.6 is 0 Å². The van der Waals surface area contributed by atoms with Gasteiger partial charge in [-0.15, -0.1) is 0 Å². The molecule has 1 spiro atoms. The molecule has 0 saturated carbocycles. The smallest absolute Gasteiger partial charge is 0.254 e. The molecule has 1 amide bonds. The zero-order chi connectivity index (χ0) is 18.6. The van der Waals surface area contributed by atoms with Crippen LogP contribution in [0.1, 0.15) is 34.6 Å². The fourth-order valence-corrected chi connectivity index (χ4v) is 5.03. The van der Waals surface area contributed by atoms with Gasteiger partial charge in [-0.05, 0) is 32.8 Å². The lowest BCUT2D eigenvalue weighted by Gasteiger charge is -2.29. The van der Waals surface area contributed by atoms with Crippen molar-refractivity contribution in [3.8, 4) is 0 Å². The van der Waals surface area contributed by atoms with Crippen LogP contribution < -0.4 is 10.2 Å². The number of nitrogens with zero attached hydrogens (tertiary/aromatic N) is 3. The number of aryl methyl sites for hydroxylation is 2. The molecule has 4 atom stereocenters. The topological polar surface area (TPSA) is 80.5 Å². The molecule has 2 aromatic heterocycles. The summed E-state index contributed by atoms with van der Waals surface area (Å²) in [6.45, 7) is 6.37.